The Labute approximate surface area is 149 Å². The molecule has 6 nitrogen and oxygen atoms in total. The quantitative estimate of drug-likeness (QED) is 0.757. The number of aryl methyl sites for hydroxylation is 1. The Morgan fingerprint density at radius 2 is 2.08 bits per heavy atom. The third kappa shape index (κ3) is 4.06. The summed E-state index contributed by atoms with van der Waals surface area (Å²) in [6.45, 7) is 4.03. The number of anilines is 1. The van der Waals surface area contributed by atoms with E-state index in [1.807, 2.05) is 6.92 Å². The van der Waals surface area contributed by atoms with Gasteiger partial charge in [-0.2, -0.15) is 10.2 Å². The van der Waals surface area contributed by atoms with Crippen molar-refractivity contribution in [3.63, 3.8) is 0 Å². The predicted molar refractivity (Wildman–Crippen MR) is 93.3 cm³/mol. The molecular weight excluding hydrogens is 345 g/mol. The van der Waals surface area contributed by atoms with Gasteiger partial charge in [-0.05, 0) is 31.2 Å². The Morgan fingerprint density at radius 3 is 2.72 bits per heavy atom. The van der Waals surface area contributed by atoms with Gasteiger partial charge < -0.3 is 5.32 Å². The molecule has 0 aliphatic heterocycles. The first kappa shape index (κ1) is 17.2. The van der Waals surface area contributed by atoms with Crippen LogP contribution in [-0.4, -0.2) is 25.5 Å². The summed E-state index contributed by atoms with van der Waals surface area (Å²) in [5.74, 6) is -0.299. The van der Waals surface area contributed by atoms with E-state index in [1.165, 1.54) is 18.3 Å². The molecule has 0 aliphatic carbocycles. The van der Waals surface area contributed by atoms with Crippen molar-refractivity contribution in [3.05, 3.63) is 59.3 Å². The summed E-state index contributed by atoms with van der Waals surface area (Å²) in [6, 6.07) is 7.67. The average molecular weight is 362 g/mol. The van der Waals surface area contributed by atoms with Gasteiger partial charge in [0, 0.05) is 12.3 Å². The van der Waals surface area contributed by atoms with Gasteiger partial charge in [0.05, 0.1) is 35.1 Å². The molecule has 0 radical (unpaired) electrons. The van der Waals surface area contributed by atoms with Crippen molar-refractivity contribution in [2.75, 3.05) is 5.32 Å². The Bertz CT molecular complexity index is 887. The highest BCUT2D eigenvalue weighted by molar-refractivity contribution is 6.30. The normalized spacial score (nSPS) is 12.2. The molecule has 1 aromatic carbocycles. The van der Waals surface area contributed by atoms with Crippen LogP contribution in [0, 0.1) is 18.7 Å². The lowest BCUT2D eigenvalue weighted by Gasteiger charge is -2.13. The number of carbonyl (C=O) groups excluding carboxylic acids is 1. The number of carbonyl (C=O) groups is 1. The smallest absolute Gasteiger partial charge is 0.230 e. The first-order valence-corrected chi connectivity index (χ1v) is 8.11. The lowest BCUT2D eigenvalue weighted by atomic mass is 10.1. The molecule has 2 heterocycles. The van der Waals surface area contributed by atoms with Gasteiger partial charge in [0.1, 0.15) is 11.6 Å². The van der Waals surface area contributed by atoms with E-state index in [9.17, 15) is 9.18 Å². The summed E-state index contributed by atoms with van der Waals surface area (Å²) in [5.41, 5.74) is 1.41. The van der Waals surface area contributed by atoms with Crippen LogP contribution in [0.3, 0.4) is 0 Å². The first-order valence-electron chi connectivity index (χ1n) is 7.74. The molecule has 3 aromatic rings. The third-order valence-electron chi connectivity index (χ3n) is 3.66. The van der Waals surface area contributed by atoms with Gasteiger partial charge in [-0.25, -0.2) is 9.07 Å². The van der Waals surface area contributed by atoms with E-state index in [-0.39, 0.29) is 17.6 Å². The molecule has 0 spiro atoms. The molecule has 3 rings (SSSR count). The van der Waals surface area contributed by atoms with Crippen molar-refractivity contribution >= 4 is 23.3 Å². The number of benzene rings is 1. The van der Waals surface area contributed by atoms with Gasteiger partial charge in [-0.3, -0.25) is 9.48 Å². The third-order valence-corrected chi connectivity index (χ3v) is 3.86. The zero-order chi connectivity index (χ0) is 18.0. The lowest BCUT2D eigenvalue weighted by molar-refractivity contribution is -0.119. The monoisotopic (exact) mass is 361 g/mol. The minimum absolute atomic E-state index is 0.171. The van der Waals surface area contributed by atoms with Crippen LogP contribution in [0.15, 0.2) is 42.7 Å². The summed E-state index contributed by atoms with van der Waals surface area (Å²) in [7, 11) is 0. The zero-order valence-corrected chi connectivity index (χ0v) is 14.5. The zero-order valence-electron chi connectivity index (χ0n) is 13.8. The van der Waals surface area contributed by atoms with Gasteiger partial charge in [0.15, 0.2) is 0 Å². The number of hydrogen-bond acceptors (Lipinski definition) is 3. The highest BCUT2D eigenvalue weighted by atomic mass is 35.5. The predicted octanol–water partition coefficient (Wildman–Crippen LogP) is 3.44. The summed E-state index contributed by atoms with van der Waals surface area (Å²) < 4.78 is 16.3. The van der Waals surface area contributed by atoms with Gasteiger partial charge >= 0.3 is 0 Å². The fourth-order valence-corrected chi connectivity index (χ4v) is 2.58. The van der Waals surface area contributed by atoms with Gasteiger partial charge in [-0.1, -0.05) is 18.5 Å². The Balaban J connectivity index is 1.76. The van der Waals surface area contributed by atoms with Crippen LogP contribution in [0.2, 0.25) is 5.02 Å². The maximum atomic E-state index is 13.1. The van der Waals surface area contributed by atoms with E-state index in [2.05, 4.69) is 15.5 Å². The van der Waals surface area contributed by atoms with Crippen LogP contribution < -0.4 is 5.32 Å². The number of amides is 1. The molecule has 0 saturated heterocycles. The number of aromatic nitrogens is 4. The standard InChI is InChI=1S/C17H17ClFN5O/c1-11(9-23-10-13(18)8-20-23)17(25)21-16-7-12(2)22-24(16)15-5-3-14(19)4-6-15/h3-8,10-11H,9H2,1-2H3,(H,21,25)/t11-/m0/s1. The topological polar surface area (TPSA) is 64.7 Å². The second kappa shape index (κ2) is 7.06. The molecule has 130 valence electrons. The fraction of sp³-hybridized carbons (Fsp3) is 0.235. The van der Waals surface area contributed by atoms with Crippen LogP contribution in [0.4, 0.5) is 10.2 Å². The second-order valence-electron chi connectivity index (χ2n) is 5.83. The molecule has 1 N–H and O–H groups in total. The molecule has 1 atom stereocenters. The second-order valence-corrected chi connectivity index (χ2v) is 6.27. The van der Waals surface area contributed by atoms with Gasteiger partial charge in [0.25, 0.3) is 0 Å². The van der Waals surface area contributed by atoms with Crippen molar-refractivity contribution < 1.29 is 9.18 Å². The molecule has 0 unspecified atom stereocenters. The minimum Gasteiger partial charge on any atom is -0.310 e. The molecule has 1 amide bonds. The van der Waals surface area contributed by atoms with Crippen LogP contribution in [0.1, 0.15) is 12.6 Å². The van der Waals surface area contributed by atoms with Gasteiger partial charge in [-0.15, -0.1) is 0 Å². The van der Waals surface area contributed by atoms with E-state index in [0.29, 0.717) is 23.1 Å². The van der Waals surface area contributed by atoms with Crippen LogP contribution in [-0.2, 0) is 11.3 Å². The Kier molecular flexibility index (Phi) is 4.85. The Morgan fingerprint density at radius 1 is 1.36 bits per heavy atom. The molecule has 8 heteroatoms. The molecule has 0 fully saturated rings. The van der Waals surface area contributed by atoms with Gasteiger partial charge in [0.2, 0.25) is 5.91 Å². The number of rotatable bonds is 5. The molecule has 25 heavy (non-hydrogen) atoms. The molecule has 0 bridgehead atoms. The molecule has 2 aromatic heterocycles. The van der Waals surface area contributed by atoms with Crippen molar-refractivity contribution in [3.8, 4) is 5.69 Å². The van der Waals surface area contributed by atoms with E-state index >= 15 is 0 Å². The first-order chi connectivity index (χ1) is 11.9. The Hall–Kier alpha value is -2.67. The SMILES string of the molecule is Cc1cc(NC(=O)[C@@H](C)Cn2cc(Cl)cn2)n(-c2ccc(F)cc2)n1. The summed E-state index contributed by atoms with van der Waals surface area (Å²) in [4.78, 5) is 12.5. The van der Waals surface area contributed by atoms with Crippen LogP contribution >= 0.6 is 11.6 Å². The fourth-order valence-electron chi connectivity index (χ4n) is 2.42. The number of halogens is 2. The van der Waals surface area contributed by atoms with E-state index in [1.54, 1.807) is 40.7 Å². The summed E-state index contributed by atoms with van der Waals surface area (Å²) >= 11 is 5.83. The number of hydrogen-bond donors (Lipinski definition) is 1. The van der Waals surface area contributed by atoms with Crippen molar-refractivity contribution in [1.82, 2.24) is 19.6 Å². The summed E-state index contributed by atoms with van der Waals surface area (Å²) in [6.07, 6.45) is 3.19. The number of nitrogens with zero attached hydrogens (tertiary/aromatic N) is 4. The van der Waals surface area contributed by atoms with Crippen molar-refractivity contribution in [2.45, 2.75) is 20.4 Å². The van der Waals surface area contributed by atoms with E-state index in [0.717, 1.165) is 5.69 Å². The average Bonchev–Trinajstić information content (AvgIpc) is 3.13. The highest BCUT2D eigenvalue weighted by Crippen LogP contribution is 2.18. The minimum atomic E-state index is -0.329. The summed E-state index contributed by atoms with van der Waals surface area (Å²) in [5, 5.41) is 11.8. The molecule has 0 aliphatic rings. The maximum absolute atomic E-state index is 13.1. The van der Waals surface area contributed by atoms with E-state index in [4.69, 9.17) is 11.6 Å². The number of nitrogens with one attached hydrogen (secondary N) is 1. The lowest BCUT2D eigenvalue weighted by Crippen LogP contribution is -2.25. The van der Waals surface area contributed by atoms with Crippen molar-refractivity contribution in [1.29, 1.82) is 0 Å². The van der Waals surface area contributed by atoms with Crippen molar-refractivity contribution in [2.24, 2.45) is 5.92 Å². The largest absolute Gasteiger partial charge is 0.310 e. The van der Waals surface area contributed by atoms with Crippen LogP contribution in [0.25, 0.3) is 5.69 Å². The molecule has 0 saturated carbocycles. The maximum Gasteiger partial charge on any atom is 0.230 e. The van der Waals surface area contributed by atoms with Crippen LogP contribution in [0.5, 0.6) is 0 Å². The highest BCUT2D eigenvalue weighted by Gasteiger charge is 2.17. The molecular formula is C17H17ClFN5O. The van der Waals surface area contributed by atoms with E-state index < -0.39 is 0 Å².